The minimum absolute atomic E-state index is 0.0855. The molecular formula is C8H16O2. The van der Waals surface area contributed by atoms with E-state index in [4.69, 9.17) is 9.84 Å². The molecule has 10 heavy (non-hydrogen) atoms. The predicted molar refractivity (Wildman–Crippen MR) is 39.8 cm³/mol. The van der Waals surface area contributed by atoms with Gasteiger partial charge in [0, 0.05) is 13.2 Å². The van der Waals surface area contributed by atoms with Crippen molar-refractivity contribution in [1.82, 2.24) is 0 Å². The van der Waals surface area contributed by atoms with Crippen LogP contribution < -0.4 is 0 Å². The van der Waals surface area contributed by atoms with E-state index in [9.17, 15) is 0 Å². The SMILES string of the molecule is CCOC1(C)CC(CO)C1. The Bertz CT molecular complexity index is 106. The third-order valence-corrected chi connectivity index (χ3v) is 2.19. The fraction of sp³-hybridized carbons (Fsp3) is 1.00. The van der Waals surface area contributed by atoms with E-state index in [1.54, 1.807) is 0 Å². The number of ether oxygens (including phenoxy) is 1. The Labute approximate surface area is 62.2 Å². The number of hydrogen-bond acceptors (Lipinski definition) is 2. The van der Waals surface area contributed by atoms with Gasteiger partial charge in [-0.3, -0.25) is 0 Å². The molecule has 1 aliphatic carbocycles. The molecule has 1 saturated carbocycles. The molecule has 0 heterocycles. The molecule has 0 aromatic carbocycles. The van der Waals surface area contributed by atoms with Crippen LogP contribution in [0.4, 0.5) is 0 Å². The number of aliphatic hydroxyl groups excluding tert-OH is 1. The number of rotatable bonds is 3. The molecule has 1 fully saturated rings. The van der Waals surface area contributed by atoms with Crippen LogP contribution in [-0.2, 0) is 4.74 Å². The van der Waals surface area contributed by atoms with Crippen molar-refractivity contribution in [3.8, 4) is 0 Å². The van der Waals surface area contributed by atoms with Crippen molar-refractivity contribution >= 4 is 0 Å². The van der Waals surface area contributed by atoms with Crippen molar-refractivity contribution in [1.29, 1.82) is 0 Å². The average molecular weight is 144 g/mol. The van der Waals surface area contributed by atoms with E-state index in [-0.39, 0.29) is 5.60 Å². The Balaban J connectivity index is 2.20. The van der Waals surface area contributed by atoms with Gasteiger partial charge >= 0.3 is 0 Å². The largest absolute Gasteiger partial charge is 0.396 e. The zero-order valence-corrected chi connectivity index (χ0v) is 6.76. The predicted octanol–water partition coefficient (Wildman–Crippen LogP) is 1.18. The minimum Gasteiger partial charge on any atom is -0.396 e. The summed E-state index contributed by atoms with van der Waals surface area (Å²) in [6.07, 6.45) is 2.05. The second-order valence-corrected chi connectivity index (χ2v) is 3.34. The Hall–Kier alpha value is -0.0800. The fourth-order valence-corrected chi connectivity index (χ4v) is 1.76. The van der Waals surface area contributed by atoms with Gasteiger partial charge in [0.1, 0.15) is 0 Å². The molecule has 1 rings (SSSR count). The molecule has 0 unspecified atom stereocenters. The maximum atomic E-state index is 8.73. The molecule has 0 spiro atoms. The number of aliphatic hydroxyl groups is 1. The molecule has 60 valence electrons. The summed E-state index contributed by atoms with van der Waals surface area (Å²) >= 11 is 0. The third-order valence-electron chi connectivity index (χ3n) is 2.19. The molecule has 1 N–H and O–H groups in total. The van der Waals surface area contributed by atoms with Gasteiger partial charge in [0.2, 0.25) is 0 Å². The van der Waals surface area contributed by atoms with Crippen LogP contribution >= 0.6 is 0 Å². The summed E-state index contributed by atoms with van der Waals surface area (Å²) in [6.45, 7) is 5.23. The topological polar surface area (TPSA) is 29.5 Å². The summed E-state index contributed by atoms with van der Waals surface area (Å²) in [5.74, 6) is 0.497. The van der Waals surface area contributed by atoms with Gasteiger partial charge in [-0.25, -0.2) is 0 Å². The monoisotopic (exact) mass is 144 g/mol. The van der Waals surface area contributed by atoms with Crippen LogP contribution in [0, 0.1) is 5.92 Å². The average Bonchev–Trinajstić information content (AvgIpc) is 1.83. The summed E-state index contributed by atoms with van der Waals surface area (Å²) in [4.78, 5) is 0. The lowest BCUT2D eigenvalue weighted by atomic mass is 9.72. The van der Waals surface area contributed by atoms with Crippen LogP contribution in [0.2, 0.25) is 0 Å². The molecular weight excluding hydrogens is 128 g/mol. The smallest absolute Gasteiger partial charge is 0.0661 e. The van der Waals surface area contributed by atoms with Crippen LogP contribution in [0.25, 0.3) is 0 Å². The van der Waals surface area contributed by atoms with Gasteiger partial charge in [0.15, 0.2) is 0 Å². The van der Waals surface area contributed by atoms with E-state index >= 15 is 0 Å². The second kappa shape index (κ2) is 2.89. The molecule has 2 heteroatoms. The summed E-state index contributed by atoms with van der Waals surface area (Å²) < 4.78 is 5.49. The summed E-state index contributed by atoms with van der Waals surface area (Å²) in [6, 6.07) is 0. The molecule has 0 aromatic heterocycles. The molecule has 0 bridgehead atoms. The highest BCUT2D eigenvalue weighted by molar-refractivity contribution is 4.91. The summed E-state index contributed by atoms with van der Waals surface area (Å²) in [5.41, 5.74) is 0.0855. The summed E-state index contributed by atoms with van der Waals surface area (Å²) in [5, 5.41) is 8.73. The van der Waals surface area contributed by atoms with Crippen LogP contribution in [0.3, 0.4) is 0 Å². The van der Waals surface area contributed by atoms with Gasteiger partial charge in [-0.05, 0) is 32.6 Å². The second-order valence-electron chi connectivity index (χ2n) is 3.34. The standard InChI is InChI=1S/C8H16O2/c1-3-10-8(2)4-7(5-8)6-9/h7,9H,3-6H2,1-2H3. The Morgan fingerprint density at radius 3 is 2.60 bits per heavy atom. The first-order valence-corrected chi connectivity index (χ1v) is 3.95. The fourth-order valence-electron chi connectivity index (χ4n) is 1.76. The molecule has 0 saturated heterocycles. The van der Waals surface area contributed by atoms with E-state index in [1.807, 2.05) is 6.92 Å². The lowest BCUT2D eigenvalue weighted by molar-refractivity contribution is -0.120. The van der Waals surface area contributed by atoms with Gasteiger partial charge < -0.3 is 9.84 Å². The molecule has 2 nitrogen and oxygen atoms in total. The molecule has 0 radical (unpaired) electrons. The van der Waals surface area contributed by atoms with E-state index in [0.29, 0.717) is 12.5 Å². The first-order valence-electron chi connectivity index (χ1n) is 3.95. The van der Waals surface area contributed by atoms with Crippen molar-refractivity contribution < 1.29 is 9.84 Å². The number of hydrogen-bond donors (Lipinski definition) is 1. The van der Waals surface area contributed by atoms with Crippen LogP contribution in [0.15, 0.2) is 0 Å². The highest BCUT2D eigenvalue weighted by Crippen LogP contribution is 2.39. The van der Waals surface area contributed by atoms with Crippen molar-refractivity contribution in [3.05, 3.63) is 0 Å². The Kier molecular flexibility index (Phi) is 2.32. The van der Waals surface area contributed by atoms with Crippen molar-refractivity contribution in [3.63, 3.8) is 0 Å². The van der Waals surface area contributed by atoms with Crippen molar-refractivity contribution in [2.45, 2.75) is 32.3 Å². The highest BCUT2D eigenvalue weighted by Gasteiger charge is 2.40. The Morgan fingerprint density at radius 2 is 2.20 bits per heavy atom. The van der Waals surface area contributed by atoms with Gasteiger partial charge in [0.25, 0.3) is 0 Å². The Morgan fingerprint density at radius 1 is 1.60 bits per heavy atom. The first-order chi connectivity index (χ1) is 4.70. The highest BCUT2D eigenvalue weighted by atomic mass is 16.5. The molecule has 0 aliphatic heterocycles. The van der Waals surface area contributed by atoms with Gasteiger partial charge in [-0.2, -0.15) is 0 Å². The van der Waals surface area contributed by atoms with Crippen molar-refractivity contribution in [2.75, 3.05) is 13.2 Å². The molecule has 0 atom stereocenters. The van der Waals surface area contributed by atoms with E-state index in [0.717, 1.165) is 19.4 Å². The maximum Gasteiger partial charge on any atom is 0.0661 e. The van der Waals surface area contributed by atoms with E-state index < -0.39 is 0 Å². The maximum absolute atomic E-state index is 8.73. The third kappa shape index (κ3) is 1.50. The van der Waals surface area contributed by atoms with Gasteiger partial charge in [-0.15, -0.1) is 0 Å². The van der Waals surface area contributed by atoms with Gasteiger partial charge in [0.05, 0.1) is 5.60 Å². The van der Waals surface area contributed by atoms with E-state index in [2.05, 4.69) is 6.92 Å². The zero-order valence-electron chi connectivity index (χ0n) is 6.76. The minimum atomic E-state index is 0.0855. The van der Waals surface area contributed by atoms with Crippen molar-refractivity contribution in [2.24, 2.45) is 5.92 Å². The quantitative estimate of drug-likeness (QED) is 0.644. The normalized spacial score (nSPS) is 39.3. The lowest BCUT2D eigenvalue weighted by Crippen LogP contribution is -2.44. The van der Waals surface area contributed by atoms with Crippen LogP contribution in [0.1, 0.15) is 26.7 Å². The van der Waals surface area contributed by atoms with E-state index in [1.165, 1.54) is 0 Å². The lowest BCUT2D eigenvalue weighted by Gasteiger charge is -2.44. The molecule has 0 amide bonds. The van der Waals surface area contributed by atoms with Crippen LogP contribution in [-0.4, -0.2) is 23.9 Å². The van der Waals surface area contributed by atoms with Gasteiger partial charge in [-0.1, -0.05) is 0 Å². The molecule has 0 aromatic rings. The summed E-state index contributed by atoms with van der Waals surface area (Å²) in [7, 11) is 0. The first kappa shape index (κ1) is 8.02. The van der Waals surface area contributed by atoms with Crippen LogP contribution in [0.5, 0.6) is 0 Å². The zero-order chi connectivity index (χ0) is 7.61. The molecule has 1 aliphatic rings.